The fourth-order valence-corrected chi connectivity index (χ4v) is 3.38. The Morgan fingerprint density at radius 2 is 1.88 bits per heavy atom. The minimum Gasteiger partial charge on any atom is -0.443 e. The normalized spacial score (nSPS) is 15.3. The third-order valence-electron chi connectivity index (χ3n) is 3.36. The van der Waals surface area contributed by atoms with Crippen molar-refractivity contribution < 1.29 is 9.53 Å². The highest BCUT2D eigenvalue weighted by atomic mass is 35.5. The van der Waals surface area contributed by atoms with Gasteiger partial charge in [0.25, 0.3) is 0 Å². The maximum Gasteiger partial charge on any atom is 0.415 e. The number of halogens is 1. The van der Waals surface area contributed by atoms with Gasteiger partial charge in [-0.25, -0.2) is 4.79 Å². The van der Waals surface area contributed by atoms with Crippen molar-refractivity contribution in [2.75, 3.05) is 12.3 Å². The quantitative estimate of drug-likeness (QED) is 0.670. The summed E-state index contributed by atoms with van der Waals surface area (Å²) in [5, 5.41) is 19.8. The first-order valence-electron chi connectivity index (χ1n) is 7.90. The number of rotatable bonds is 2. The molecule has 134 valence electrons. The highest BCUT2D eigenvalue weighted by Crippen LogP contribution is 2.33. The lowest BCUT2D eigenvalue weighted by atomic mass is 10.0. The molecule has 0 unspecified atom stereocenters. The molecule has 0 radical (unpaired) electrons. The minimum absolute atomic E-state index is 0.0311. The molecule has 1 saturated heterocycles. The number of benzene rings is 1. The average molecular weight is 388 g/mol. The van der Waals surface area contributed by atoms with E-state index in [2.05, 4.69) is 0 Å². The van der Waals surface area contributed by atoms with Gasteiger partial charge in [0.2, 0.25) is 0 Å². The van der Waals surface area contributed by atoms with Crippen LogP contribution in [0.25, 0.3) is 5.57 Å². The lowest BCUT2D eigenvalue weighted by molar-refractivity contribution is 0.0345. The Hall–Kier alpha value is -2.41. The van der Waals surface area contributed by atoms with Gasteiger partial charge in [0, 0.05) is 22.9 Å². The second-order valence-corrected chi connectivity index (χ2v) is 8.03. The van der Waals surface area contributed by atoms with E-state index >= 15 is 0 Å². The molecular formula is C19H18ClN3O2S. The van der Waals surface area contributed by atoms with Crippen LogP contribution < -0.4 is 0 Å². The van der Waals surface area contributed by atoms with Gasteiger partial charge < -0.3 is 4.74 Å². The monoisotopic (exact) mass is 387 g/mol. The number of hydrogen-bond acceptors (Lipinski definition) is 5. The largest absolute Gasteiger partial charge is 0.443 e. The van der Waals surface area contributed by atoms with Crippen molar-refractivity contribution >= 4 is 35.0 Å². The summed E-state index contributed by atoms with van der Waals surface area (Å²) in [5.41, 5.74) is 0.493. The molecule has 0 atom stereocenters. The Morgan fingerprint density at radius 3 is 2.42 bits per heavy atom. The van der Waals surface area contributed by atoms with Crippen molar-refractivity contribution in [1.82, 2.24) is 4.90 Å². The fourth-order valence-electron chi connectivity index (χ4n) is 2.25. The zero-order valence-corrected chi connectivity index (χ0v) is 16.3. The van der Waals surface area contributed by atoms with Crippen molar-refractivity contribution in [2.45, 2.75) is 26.4 Å². The highest BCUT2D eigenvalue weighted by molar-refractivity contribution is 8.03. The molecule has 26 heavy (non-hydrogen) atoms. The van der Waals surface area contributed by atoms with Crippen molar-refractivity contribution in [3.05, 3.63) is 51.5 Å². The lowest BCUT2D eigenvalue weighted by Gasteiger charge is -2.24. The molecule has 1 fully saturated rings. The molecular weight excluding hydrogens is 370 g/mol. The number of thioether (sulfide) groups is 1. The van der Waals surface area contributed by atoms with Crippen LogP contribution in [0.1, 0.15) is 26.3 Å². The van der Waals surface area contributed by atoms with Gasteiger partial charge in [0.1, 0.15) is 23.3 Å². The van der Waals surface area contributed by atoms with Gasteiger partial charge in [-0.1, -0.05) is 23.7 Å². The number of ether oxygens (including phenoxy) is 1. The zero-order chi connectivity index (χ0) is 19.3. The standard InChI is InChI=1S/C19H18ClN3O2S/c1-19(2,3)25-18(24)23-8-9-26-17(23)10-16(14(11-21)12-22)13-4-6-15(20)7-5-13/h4-7,10H,8-9H2,1-3H3/b17-10-. The van der Waals surface area contributed by atoms with E-state index in [0.717, 1.165) is 0 Å². The van der Waals surface area contributed by atoms with Crippen LogP contribution in [0.3, 0.4) is 0 Å². The maximum absolute atomic E-state index is 12.4. The highest BCUT2D eigenvalue weighted by Gasteiger charge is 2.29. The van der Waals surface area contributed by atoms with E-state index in [9.17, 15) is 15.3 Å². The van der Waals surface area contributed by atoms with Gasteiger partial charge in [0.15, 0.2) is 0 Å². The molecule has 0 N–H and O–H groups in total. The van der Waals surface area contributed by atoms with Crippen molar-refractivity contribution in [1.29, 1.82) is 10.5 Å². The molecule has 0 spiro atoms. The van der Waals surface area contributed by atoms with Gasteiger partial charge in [-0.05, 0) is 44.5 Å². The molecule has 1 aromatic carbocycles. The lowest BCUT2D eigenvalue weighted by Crippen LogP contribution is -2.34. The first kappa shape index (κ1) is 19.9. The smallest absolute Gasteiger partial charge is 0.415 e. The van der Waals surface area contributed by atoms with E-state index in [4.69, 9.17) is 16.3 Å². The second kappa shape index (κ2) is 8.31. The van der Waals surface area contributed by atoms with Crippen LogP contribution in [0.2, 0.25) is 5.02 Å². The van der Waals surface area contributed by atoms with Crippen LogP contribution >= 0.6 is 23.4 Å². The molecule has 1 amide bonds. The zero-order valence-electron chi connectivity index (χ0n) is 14.7. The SMILES string of the molecule is CC(C)(C)OC(=O)N1CCS/C1=C\C(=C(C#N)C#N)c1ccc(Cl)cc1. The molecule has 0 aromatic heterocycles. The molecule has 7 heteroatoms. The summed E-state index contributed by atoms with van der Waals surface area (Å²) in [7, 11) is 0. The number of nitrogens with zero attached hydrogens (tertiary/aromatic N) is 3. The number of allylic oxidation sites excluding steroid dienone is 3. The predicted molar refractivity (Wildman–Crippen MR) is 103 cm³/mol. The number of nitriles is 2. The molecule has 1 aliphatic rings. The molecule has 5 nitrogen and oxygen atoms in total. The van der Waals surface area contributed by atoms with E-state index in [-0.39, 0.29) is 5.57 Å². The molecule has 1 heterocycles. The molecule has 0 aliphatic carbocycles. The maximum atomic E-state index is 12.4. The van der Waals surface area contributed by atoms with E-state index in [1.54, 1.807) is 51.1 Å². The Kier molecular flexibility index (Phi) is 6.37. The summed E-state index contributed by atoms with van der Waals surface area (Å²) in [6.07, 6.45) is 1.24. The number of carbonyl (C=O) groups excluding carboxylic acids is 1. The molecule has 2 rings (SSSR count). The van der Waals surface area contributed by atoms with E-state index in [0.29, 0.717) is 33.5 Å². The van der Waals surface area contributed by atoms with Gasteiger partial charge >= 0.3 is 6.09 Å². The third kappa shape index (κ3) is 5.05. The Morgan fingerprint density at radius 1 is 1.27 bits per heavy atom. The summed E-state index contributed by atoms with van der Waals surface area (Å²) < 4.78 is 5.44. The van der Waals surface area contributed by atoms with Gasteiger partial charge in [0.05, 0.1) is 5.03 Å². The van der Waals surface area contributed by atoms with Crippen LogP contribution in [0.15, 0.2) is 40.9 Å². The molecule has 1 aliphatic heterocycles. The first-order chi connectivity index (χ1) is 12.2. The molecule has 1 aromatic rings. The van der Waals surface area contributed by atoms with Crippen LogP contribution in [0.5, 0.6) is 0 Å². The topological polar surface area (TPSA) is 77.1 Å². The van der Waals surface area contributed by atoms with Crippen LogP contribution in [0, 0.1) is 22.7 Å². The number of hydrogen-bond donors (Lipinski definition) is 0. The fraction of sp³-hybridized carbons (Fsp3) is 0.316. The van der Waals surface area contributed by atoms with Crippen LogP contribution in [0.4, 0.5) is 4.79 Å². The van der Waals surface area contributed by atoms with Crippen LogP contribution in [-0.2, 0) is 4.74 Å². The predicted octanol–water partition coefficient (Wildman–Crippen LogP) is 4.97. The second-order valence-electron chi connectivity index (χ2n) is 6.48. The van der Waals surface area contributed by atoms with E-state index < -0.39 is 11.7 Å². The first-order valence-corrected chi connectivity index (χ1v) is 9.27. The summed E-state index contributed by atoms with van der Waals surface area (Å²) >= 11 is 7.40. The van der Waals surface area contributed by atoms with E-state index in [1.807, 2.05) is 12.1 Å². The van der Waals surface area contributed by atoms with Crippen LogP contribution in [-0.4, -0.2) is 28.9 Å². The van der Waals surface area contributed by atoms with Crippen molar-refractivity contribution in [2.24, 2.45) is 0 Å². The summed E-state index contributed by atoms with van der Waals surface area (Å²) in [5.74, 6) is 0.716. The number of amides is 1. The number of carbonyl (C=O) groups is 1. The van der Waals surface area contributed by atoms with Crippen molar-refractivity contribution in [3.63, 3.8) is 0 Å². The Bertz CT molecular complexity index is 824. The molecule has 0 saturated carbocycles. The summed E-state index contributed by atoms with van der Waals surface area (Å²) in [6, 6.07) is 10.7. The Balaban J connectivity index is 2.45. The molecule has 0 bridgehead atoms. The van der Waals surface area contributed by atoms with Gasteiger partial charge in [-0.3, -0.25) is 4.90 Å². The van der Waals surface area contributed by atoms with Crippen molar-refractivity contribution in [3.8, 4) is 12.1 Å². The average Bonchev–Trinajstić information content (AvgIpc) is 3.03. The van der Waals surface area contributed by atoms with E-state index in [1.165, 1.54) is 16.7 Å². The van der Waals surface area contributed by atoms with Gasteiger partial charge in [-0.2, -0.15) is 10.5 Å². The summed E-state index contributed by atoms with van der Waals surface area (Å²) in [6.45, 7) is 5.92. The summed E-state index contributed by atoms with van der Waals surface area (Å²) in [4.78, 5) is 14.0. The minimum atomic E-state index is -0.602. The van der Waals surface area contributed by atoms with Gasteiger partial charge in [-0.15, -0.1) is 11.8 Å². The Labute approximate surface area is 162 Å². The third-order valence-corrected chi connectivity index (χ3v) is 4.63.